The molecule has 120 valence electrons. The molecule has 7 heteroatoms. The molecule has 0 atom stereocenters. The summed E-state index contributed by atoms with van der Waals surface area (Å²) in [4.78, 5) is 12.3. The minimum Gasteiger partial charge on any atom is -0.454 e. The number of nitrogens with one attached hydrogen (secondary N) is 1. The van der Waals surface area contributed by atoms with Gasteiger partial charge in [-0.1, -0.05) is 12.1 Å². The van der Waals surface area contributed by atoms with Crippen LogP contribution in [0.1, 0.15) is 15.9 Å². The highest BCUT2D eigenvalue weighted by molar-refractivity contribution is 7.89. The van der Waals surface area contributed by atoms with Crippen LogP contribution in [-0.4, -0.2) is 27.4 Å². The molecule has 0 radical (unpaired) electrons. The summed E-state index contributed by atoms with van der Waals surface area (Å²) < 4.78 is 33.2. The van der Waals surface area contributed by atoms with Crippen molar-refractivity contribution in [2.75, 3.05) is 18.4 Å². The lowest BCUT2D eigenvalue weighted by atomic mass is 10.1. The van der Waals surface area contributed by atoms with Crippen molar-refractivity contribution >= 4 is 21.4 Å². The molecule has 2 aromatic carbocycles. The van der Waals surface area contributed by atoms with E-state index in [-0.39, 0.29) is 18.5 Å². The monoisotopic (exact) mass is 333 g/mol. The molecule has 1 heterocycles. The maximum atomic E-state index is 12.3. The summed E-state index contributed by atoms with van der Waals surface area (Å²) in [6, 6.07) is 11.7. The van der Waals surface area contributed by atoms with Gasteiger partial charge >= 0.3 is 0 Å². The van der Waals surface area contributed by atoms with Crippen LogP contribution >= 0.6 is 0 Å². The Hall–Kier alpha value is -2.54. The molecule has 0 fully saturated rings. The lowest BCUT2D eigenvalue weighted by Gasteiger charge is -2.07. The number of benzene rings is 2. The predicted molar refractivity (Wildman–Crippen MR) is 85.5 cm³/mol. The Morgan fingerprint density at radius 2 is 1.91 bits per heavy atom. The minimum atomic E-state index is -3.15. The molecule has 1 aliphatic heterocycles. The van der Waals surface area contributed by atoms with Crippen molar-refractivity contribution in [3.05, 3.63) is 53.6 Å². The zero-order valence-corrected chi connectivity index (χ0v) is 13.2. The Morgan fingerprint density at radius 1 is 1.13 bits per heavy atom. The third kappa shape index (κ3) is 3.81. The lowest BCUT2D eigenvalue weighted by molar-refractivity contribution is 0.102. The van der Waals surface area contributed by atoms with Crippen molar-refractivity contribution in [2.24, 2.45) is 0 Å². The van der Waals surface area contributed by atoms with Crippen LogP contribution in [0.2, 0.25) is 0 Å². The molecule has 3 rings (SSSR count). The number of carbonyl (C=O) groups excluding carboxylic acids is 1. The summed E-state index contributed by atoms with van der Waals surface area (Å²) in [6.07, 6.45) is 1.16. The number of anilines is 1. The number of hydrogen-bond donors (Lipinski definition) is 1. The molecular formula is C16H15NO5S. The minimum absolute atomic E-state index is 0.0991. The van der Waals surface area contributed by atoms with E-state index in [9.17, 15) is 13.2 Å². The topological polar surface area (TPSA) is 81.7 Å². The van der Waals surface area contributed by atoms with Crippen molar-refractivity contribution in [1.29, 1.82) is 0 Å². The lowest BCUT2D eigenvalue weighted by Crippen LogP contribution is -2.12. The summed E-state index contributed by atoms with van der Waals surface area (Å²) in [5, 5.41) is 2.75. The third-order valence-corrected chi connectivity index (χ3v) is 4.11. The molecule has 0 aliphatic carbocycles. The fourth-order valence-corrected chi connectivity index (χ4v) is 3.07. The number of rotatable bonds is 4. The number of ether oxygens (including phenoxy) is 2. The van der Waals surface area contributed by atoms with Gasteiger partial charge in [-0.05, 0) is 29.8 Å². The predicted octanol–water partition coefficient (Wildman–Crippen LogP) is 2.21. The van der Waals surface area contributed by atoms with Crippen LogP contribution in [0.25, 0.3) is 0 Å². The quantitative estimate of drug-likeness (QED) is 0.928. The smallest absolute Gasteiger partial charge is 0.255 e. The molecule has 6 nitrogen and oxygen atoms in total. The normalized spacial score (nSPS) is 12.9. The van der Waals surface area contributed by atoms with Gasteiger partial charge in [-0.2, -0.15) is 0 Å². The molecule has 0 bridgehead atoms. The van der Waals surface area contributed by atoms with Gasteiger partial charge in [-0.25, -0.2) is 8.42 Å². The summed E-state index contributed by atoms with van der Waals surface area (Å²) in [7, 11) is -3.15. The number of hydrogen-bond acceptors (Lipinski definition) is 5. The summed E-state index contributed by atoms with van der Waals surface area (Å²) in [5.74, 6) is 0.795. The number of carbonyl (C=O) groups is 1. The summed E-state index contributed by atoms with van der Waals surface area (Å²) in [5.41, 5.74) is 1.54. The number of fused-ring (bicyclic) bond motifs is 1. The van der Waals surface area contributed by atoms with Crippen LogP contribution in [-0.2, 0) is 15.6 Å². The van der Waals surface area contributed by atoms with E-state index in [2.05, 4.69) is 5.32 Å². The Bertz CT molecular complexity index is 861. The van der Waals surface area contributed by atoms with Crippen LogP contribution in [0.15, 0.2) is 42.5 Å². The van der Waals surface area contributed by atoms with Crippen molar-refractivity contribution in [3.63, 3.8) is 0 Å². The third-order valence-electron chi connectivity index (χ3n) is 3.25. The van der Waals surface area contributed by atoms with Crippen LogP contribution in [0.5, 0.6) is 11.5 Å². The van der Waals surface area contributed by atoms with Crippen LogP contribution in [0, 0.1) is 0 Å². The second kappa shape index (κ2) is 5.92. The first kappa shape index (κ1) is 15.4. The number of sulfone groups is 1. The van der Waals surface area contributed by atoms with E-state index < -0.39 is 9.84 Å². The molecular weight excluding hydrogens is 318 g/mol. The maximum absolute atomic E-state index is 12.3. The zero-order valence-electron chi connectivity index (χ0n) is 12.4. The van der Waals surface area contributed by atoms with E-state index in [1.807, 2.05) is 0 Å². The van der Waals surface area contributed by atoms with Gasteiger partial charge in [-0.15, -0.1) is 0 Å². The van der Waals surface area contributed by atoms with Crippen LogP contribution < -0.4 is 14.8 Å². The van der Waals surface area contributed by atoms with Crippen LogP contribution in [0.3, 0.4) is 0 Å². The second-order valence-electron chi connectivity index (χ2n) is 5.29. The SMILES string of the molecule is CS(=O)(=O)Cc1cccc(C(=O)Nc2ccc3c(c2)OCO3)c1. The van der Waals surface area contributed by atoms with E-state index in [0.717, 1.165) is 6.26 Å². The first-order chi connectivity index (χ1) is 10.9. The maximum Gasteiger partial charge on any atom is 0.255 e. The summed E-state index contributed by atoms with van der Waals surface area (Å²) in [6.45, 7) is 0.167. The van der Waals surface area contributed by atoms with E-state index in [1.165, 1.54) is 0 Å². The largest absolute Gasteiger partial charge is 0.454 e. The first-order valence-corrected chi connectivity index (χ1v) is 8.94. The van der Waals surface area contributed by atoms with Crippen molar-refractivity contribution in [3.8, 4) is 11.5 Å². The molecule has 0 saturated carbocycles. The molecule has 0 saturated heterocycles. The molecule has 0 spiro atoms. The molecule has 0 unspecified atom stereocenters. The van der Waals surface area contributed by atoms with Gasteiger partial charge in [-0.3, -0.25) is 4.79 Å². The van der Waals surface area contributed by atoms with Crippen molar-refractivity contribution in [2.45, 2.75) is 5.75 Å². The Balaban J connectivity index is 1.77. The van der Waals surface area contributed by atoms with Crippen LogP contribution in [0.4, 0.5) is 5.69 Å². The van der Waals surface area contributed by atoms with Gasteiger partial charge in [0.1, 0.15) is 0 Å². The highest BCUT2D eigenvalue weighted by Crippen LogP contribution is 2.34. The number of amides is 1. The van der Waals surface area contributed by atoms with Crippen molar-refractivity contribution < 1.29 is 22.7 Å². The standard InChI is InChI=1S/C16H15NO5S/c1-23(19,20)9-11-3-2-4-12(7-11)16(18)17-13-5-6-14-15(8-13)22-10-21-14/h2-8H,9-10H2,1H3,(H,17,18). The molecule has 0 aromatic heterocycles. The first-order valence-electron chi connectivity index (χ1n) is 6.88. The summed E-state index contributed by atoms with van der Waals surface area (Å²) >= 11 is 0. The zero-order chi connectivity index (χ0) is 16.4. The molecule has 2 aromatic rings. The van der Waals surface area contributed by atoms with Gasteiger partial charge in [0.2, 0.25) is 6.79 Å². The van der Waals surface area contributed by atoms with Gasteiger partial charge in [0.05, 0.1) is 5.75 Å². The Morgan fingerprint density at radius 3 is 2.70 bits per heavy atom. The average Bonchev–Trinajstić information content (AvgIpc) is 2.93. The van der Waals surface area contributed by atoms with E-state index in [1.54, 1.807) is 42.5 Å². The van der Waals surface area contributed by atoms with Gasteiger partial charge in [0.15, 0.2) is 21.3 Å². The average molecular weight is 333 g/mol. The highest BCUT2D eigenvalue weighted by atomic mass is 32.2. The Labute approximate surface area is 134 Å². The van der Waals surface area contributed by atoms with E-state index in [0.29, 0.717) is 28.3 Å². The Kier molecular flexibility index (Phi) is 3.96. The molecule has 1 amide bonds. The molecule has 1 aliphatic rings. The van der Waals surface area contributed by atoms with E-state index >= 15 is 0 Å². The van der Waals surface area contributed by atoms with Gasteiger partial charge < -0.3 is 14.8 Å². The fourth-order valence-electron chi connectivity index (χ4n) is 2.28. The molecule has 23 heavy (non-hydrogen) atoms. The second-order valence-corrected chi connectivity index (χ2v) is 7.43. The van der Waals surface area contributed by atoms with Gasteiger partial charge in [0, 0.05) is 23.6 Å². The molecule has 1 N–H and O–H groups in total. The highest BCUT2D eigenvalue weighted by Gasteiger charge is 2.15. The van der Waals surface area contributed by atoms with Gasteiger partial charge in [0.25, 0.3) is 5.91 Å². The van der Waals surface area contributed by atoms with Crippen molar-refractivity contribution in [1.82, 2.24) is 0 Å². The van der Waals surface area contributed by atoms with E-state index in [4.69, 9.17) is 9.47 Å². The fraction of sp³-hybridized carbons (Fsp3) is 0.188.